The first-order valence-corrected chi connectivity index (χ1v) is 9.97. The molecule has 2 rings (SSSR count). The van der Waals surface area contributed by atoms with Gasteiger partial charge in [-0.1, -0.05) is 17.7 Å². The third-order valence-corrected chi connectivity index (χ3v) is 5.21. The second-order valence-electron chi connectivity index (χ2n) is 6.29. The molecule has 7 heteroatoms. The van der Waals surface area contributed by atoms with Crippen LogP contribution < -0.4 is 15.4 Å². The number of hydrogen-bond acceptors (Lipinski definition) is 4. The van der Waals surface area contributed by atoms with Crippen LogP contribution in [0, 0.1) is 20.8 Å². The fraction of sp³-hybridized carbons (Fsp3) is 0.500. The first kappa shape index (κ1) is 23.7. The summed E-state index contributed by atoms with van der Waals surface area (Å²) in [5, 5.41) is 7.86. The van der Waals surface area contributed by atoms with Gasteiger partial charge in [0.15, 0.2) is 5.96 Å². The van der Waals surface area contributed by atoms with E-state index in [1.807, 2.05) is 12.1 Å². The van der Waals surface area contributed by atoms with Crippen molar-refractivity contribution in [2.24, 2.45) is 4.99 Å². The first-order valence-electron chi connectivity index (χ1n) is 9.15. The molecule has 0 aliphatic heterocycles. The molecule has 2 aromatic rings. The quantitative estimate of drug-likeness (QED) is 0.233. The Morgan fingerprint density at radius 2 is 1.78 bits per heavy atom. The van der Waals surface area contributed by atoms with Gasteiger partial charge in [0.2, 0.25) is 0 Å². The van der Waals surface area contributed by atoms with Crippen molar-refractivity contribution in [3.63, 3.8) is 0 Å². The SMILES string of the molecule is CN=C(NCCCCOc1ccc(C)cc1)NCCc1nc(C)c(C)s1.I. The summed E-state index contributed by atoms with van der Waals surface area (Å²) >= 11 is 1.77. The van der Waals surface area contributed by atoms with Crippen LogP contribution in [0.4, 0.5) is 0 Å². The van der Waals surface area contributed by atoms with Crippen molar-refractivity contribution >= 4 is 41.3 Å². The van der Waals surface area contributed by atoms with Crippen molar-refractivity contribution in [3.8, 4) is 5.75 Å². The van der Waals surface area contributed by atoms with E-state index in [9.17, 15) is 0 Å². The Morgan fingerprint density at radius 3 is 2.41 bits per heavy atom. The Balaban J connectivity index is 0.00000364. The van der Waals surface area contributed by atoms with Crippen LogP contribution in [0.15, 0.2) is 29.3 Å². The van der Waals surface area contributed by atoms with Crippen molar-refractivity contribution in [1.82, 2.24) is 15.6 Å². The van der Waals surface area contributed by atoms with Gasteiger partial charge in [-0.2, -0.15) is 0 Å². The molecule has 1 heterocycles. The molecule has 0 unspecified atom stereocenters. The van der Waals surface area contributed by atoms with E-state index in [-0.39, 0.29) is 24.0 Å². The van der Waals surface area contributed by atoms with Gasteiger partial charge in [0.05, 0.1) is 17.3 Å². The summed E-state index contributed by atoms with van der Waals surface area (Å²) in [5.74, 6) is 1.78. The van der Waals surface area contributed by atoms with E-state index in [1.165, 1.54) is 15.4 Å². The molecule has 0 radical (unpaired) electrons. The number of ether oxygens (including phenoxy) is 1. The number of thiazole rings is 1. The number of rotatable bonds is 9. The zero-order valence-corrected chi connectivity index (χ0v) is 19.8. The summed E-state index contributed by atoms with van der Waals surface area (Å²) in [6.07, 6.45) is 2.97. The minimum atomic E-state index is 0. The third-order valence-electron chi connectivity index (χ3n) is 4.08. The van der Waals surface area contributed by atoms with Gasteiger partial charge >= 0.3 is 0 Å². The summed E-state index contributed by atoms with van der Waals surface area (Å²) in [6.45, 7) is 8.71. The van der Waals surface area contributed by atoms with Crippen molar-refractivity contribution in [2.45, 2.75) is 40.0 Å². The minimum absolute atomic E-state index is 0. The maximum Gasteiger partial charge on any atom is 0.190 e. The topological polar surface area (TPSA) is 58.5 Å². The molecule has 0 bridgehead atoms. The van der Waals surface area contributed by atoms with E-state index >= 15 is 0 Å². The molecular weight excluding hydrogens is 471 g/mol. The molecule has 1 aromatic carbocycles. The highest BCUT2D eigenvalue weighted by Gasteiger charge is 2.04. The summed E-state index contributed by atoms with van der Waals surface area (Å²) < 4.78 is 5.74. The summed E-state index contributed by atoms with van der Waals surface area (Å²) in [6, 6.07) is 8.18. The molecule has 1 aromatic heterocycles. The average Bonchev–Trinajstić information content (AvgIpc) is 2.95. The van der Waals surface area contributed by atoms with Crippen LogP contribution in [0.25, 0.3) is 0 Å². The Bertz CT molecular complexity index is 681. The predicted molar refractivity (Wildman–Crippen MR) is 126 cm³/mol. The number of unbranched alkanes of at least 4 members (excludes halogenated alkanes) is 1. The largest absolute Gasteiger partial charge is 0.494 e. The second-order valence-corrected chi connectivity index (χ2v) is 7.58. The van der Waals surface area contributed by atoms with Gasteiger partial charge in [-0.05, 0) is 45.7 Å². The average molecular weight is 502 g/mol. The smallest absolute Gasteiger partial charge is 0.190 e. The Labute approximate surface area is 184 Å². The molecule has 27 heavy (non-hydrogen) atoms. The predicted octanol–water partition coefficient (Wildman–Crippen LogP) is 4.25. The number of hydrogen-bond donors (Lipinski definition) is 2. The van der Waals surface area contributed by atoms with Gasteiger partial charge in [-0.25, -0.2) is 4.98 Å². The van der Waals surface area contributed by atoms with E-state index in [0.717, 1.165) is 56.4 Å². The van der Waals surface area contributed by atoms with Crippen LogP contribution in [0.3, 0.4) is 0 Å². The zero-order valence-electron chi connectivity index (χ0n) is 16.7. The number of nitrogens with one attached hydrogen (secondary N) is 2. The molecule has 0 atom stereocenters. The Hall–Kier alpha value is -1.35. The normalized spacial score (nSPS) is 11.0. The second kappa shape index (κ2) is 12.9. The number of nitrogens with zero attached hydrogens (tertiary/aromatic N) is 2. The van der Waals surface area contributed by atoms with Gasteiger partial charge in [0.25, 0.3) is 0 Å². The lowest BCUT2D eigenvalue weighted by Gasteiger charge is -2.11. The van der Waals surface area contributed by atoms with Crippen LogP contribution in [0.5, 0.6) is 5.75 Å². The van der Waals surface area contributed by atoms with Crippen LogP contribution in [-0.4, -0.2) is 37.7 Å². The molecule has 0 aliphatic rings. The maximum atomic E-state index is 5.74. The monoisotopic (exact) mass is 502 g/mol. The third kappa shape index (κ3) is 8.92. The van der Waals surface area contributed by atoms with Crippen molar-refractivity contribution in [3.05, 3.63) is 45.4 Å². The minimum Gasteiger partial charge on any atom is -0.494 e. The molecule has 0 spiro atoms. The van der Waals surface area contributed by atoms with Gasteiger partial charge < -0.3 is 15.4 Å². The highest BCUT2D eigenvalue weighted by Crippen LogP contribution is 2.16. The van der Waals surface area contributed by atoms with Crippen LogP contribution in [0.2, 0.25) is 0 Å². The molecule has 2 N–H and O–H groups in total. The fourth-order valence-electron chi connectivity index (χ4n) is 2.41. The summed E-state index contributed by atoms with van der Waals surface area (Å²) in [4.78, 5) is 10.1. The molecule has 0 fully saturated rings. The lowest BCUT2D eigenvalue weighted by atomic mass is 10.2. The van der Waals surface area contributed by atoms with Crippen molar-refractivity contribution in [1.29, 1.82) is 0 Å². The van der Waals surface area contributed by atoms with Crippen LogP contribution >= 0.6 is 35.3 Å². The number of aromatic nitrogens is 1. The number of aliphatic imine (C=N–C) groups is 1. The number of benzene rings is 1. The molecule has 5 nitrogen and oxygen atoms in total. The van der Waals surface area contributed by atoms with Gasteiger partial charge in [-0.15, -0.1) is 35.3 Å². The van der Waals surface area contributed by atoms with Crippen LogP contribution in [0.1, 0.15) is 34.0 Å². The van der Waals surface area contributed by atoms with E-state index in [1.54, 1.807) is 18.4 Å². The number of aryl methyl sites for hydroxylation is 3. The van der Waals surface area contributed by atoms with Gasteiger partial charge in [-0.3, -0.25) is 4.99 Å². The van der Waals surface area contributed by atoms with Crippen molar-refractivity contribution < 1.29 is 4.74 Å². The van der Waals surface area contributed by atoms with E-state index in [0.29, 0.717) is 0 Å². The van der Waals surface area contributed by atoms with E-state index < -0.39 is 0 Å². The van der Waals surface area contributed by atoms with Crippen LogP contribution in [-0.2, 0) is 6.42 Å². The lowest BCUT2D eigenvalue weighted by molar-refractivity contribution is 0.307. The molecule has 0 saturated carbocycles. The molecule has 0 saturated heterocycles. The van der Waals surface area contributed by atoms with E-state index in [4.69, 9.17) is 4.74 Å². The Kier molecular flexibility index (Phi) is 11.3. The summed E-state index contributed by atoms with van der Waals surface area (Å²) in [5.41, 5.74) is 2.39. The first-order chi connectivity index (χ1) is 12.6. The Morgan fingerprint density at radius 1 is 1.07 bits per heavy atom. The van der Waals surface area contributed by atoms with Gasteiger partial charge in [0.1, 0.15) is 5.75 Å². The summed E-state index contributed by atoms with van der Waals surface area (Å²) in [7, 11) is 1.80. The molecular formula is C20H31IN4OS. The van der Waals surface area contributed by atoms with Crippen molar-refractivity contribution in [2.75, 3.05) is 26.7 Å². The molecule has 0 aliphatic carbocycles. The molecule has 0 amide bonds. The maximum absolute atomic E-state index is 5.74. The number of halogens is 1. The zero-order chi connectivity index (χ0) is 18.8. The fourth-order valence-corrected chi connectivity index (χ4v) is 3.35. The highest BCUT2D eigenvalue weighted by molar-refractivity contribution is 14.0. The van der Waals surface area contributed by atoms with Gasteiger partial charge in [0, 0.05) is 31.4 Å². The highest BCUT2D eigenvalue weighted by atomic mass is 127. The molecule has 150 valence electrons. The standard InChI is InChI=1S/C20H30N4OS.HI/c1-15-7-9-18(10-8-15)25-14-6-5-12-22-20(21-4)23-13-11-19-24-16(2)17(3)26-19;/h7-10H,5-6,11-14H2,1-4H3,(H2,21,22,23);1H. The number of guanidine groups is 1. The lowest BCUT2D eigenvalue weighted by Crippen LogP contribution is -2.38. The van der Waals surface area contributed by atoms with E-state index in [2.05, 4.69) is 53.5 Å².